The second kappa shape index (κ2) is 22.8. The third-order valence-corrected chi connectivity index (χ3v) is 6.89. The molecule has 250 valence electrons. The standard InChI is InChI=1S/C33H47N7O6/c1-3-4-5-6-7-8-9-10-11-12-13-14-15-16-17-18-19-20-29(41)35-21-22-36-33(44)45-25-28-27(38-39-34)23-30(46-28)40-24-26(2)31(42)37-32(40)43/h4-5,7-8,10-11,13-14,16-17,24,27-28,30H,3,6,9,12,15,18-23,25H2,1-2H3,(H,35,41)(H,36,44)(H,37,42,43)/b5-4-,8-7-,11-10-,14-13-,17-16-/t27-,28+,30-/m0/s1. The number of aromatic amines is 1. The third kappa shape index (κ3) is 15.4. The highest BCUT2D eigenvalue weighted by molar-refractivity contribution is 5.75. The van der Waals surface area contributed by atoms with E-state index in [1.807, 2.05) is 0 Å². The van der Waals surface area contributed by atoms with Gasteiger partial charge in [0, 0.05) is 42.6 Å². The zero-order valence-electron chi connectivity index (χ0n) is 26.8. The number of unbranched alkanes of at least 4 members (excludes halogenated alkanes) is 1. The average Bonchev–Trinajstić information content (AvgIpc) is 3.44. The molecule has 0 spiro atoms. The highest BCUT2D eigenvalue weighted by Crippen LogP contribution is 2.30. The number of amides is 2. The van der Waals surface area contributed by atoms with Crippen molar-refractivity contribution >= 4 is 12.0 Å². The average molecular weight is 638 g/mol. The van der Waals surface area contributed by atoms with Gasteiger partial charge in [0.25, 0.3) is 5.56 Å². The van der Waals surface area contributed by atoms with Gasteiger partial charge in [0.1, 0.15) is 18.9 Å². The molecule has 13 nitrogen and oxygen atoms in total. The van der Waals surface area contributed by atoms with Crippen molar-refractivity contribution in [2.75, 3.05) is 19.7 Å². The number of carbonyl (C=O) groups is 2. The molecule has 1 saturated heterocycles. The molecule has 3 N–H and O–H groups in total. The Morgan fingerprint density at radius 1 is 1.02 bits per heavy atom. The SMILES string of the molecule is CC/C=C\C/C=C\C/C=C\C/C=C\C/C=C\CCCC(=O)NCCNC(=O)OC[C@H]1O[C@H](n2cc(C)c(=O)[nH]c2=O)C[C@@H]1N=[N+]=[N-]. The summed E-state index contributed by atoms with van der Waals surface area (Å²) in [6.07, 6.45) is 27.4. The molecular weight excluding hydrogens is 590 g/mol. The van der Waals surface area contributed by atoms with Crippen molar-refractivity contribution < 1.29 is 19.1 Å². The second-order valence-corrected chi connectivity index (χ2v) is 10.6. The van der Waals surface area contributed by atoms with Crippen LogP contribution in [0.4, 0.5) is 4.79 Å². The van der Waals surface area contributed by atoms with Crippen LogP contribution >= 0.6 is 0 Å². The van der Waals surface area contributed by atoms with Crippen LogP contribution in [0.25, 0.3) is 10.4 Å². The highest BCUT2D eigenvalue weighted by atomic mass is 16.6. The number of H-pyrrole nitrogens is 1. The van der Waals surface area contributed by atoms with Crippen molar-refractivity contribution in [2.45, 2.75) is 90.0 Å². The summed E-state index contributed by atoms with van der Waals surface area (Å²) >= 11 is 0. The fourth-order valence-corrected chi connectivity index (χ4v) is 4.44. The molecule has 0 aromatic carbocycles. The minimum Gasteiger partial charge on any atom is -0.447 e. The van der Waals surface area contributed by atoms with Gasteiger partial charge in [-0.25, -0.2) is 9.59 Å². The zero-order valence-corrected chi connectivity index (χ0v) is 26.8. The Morgan fingerprint density at radius 3 is 2.26 bits per heavy atom. The molecule has 0 aliphatic carbocycles. The van der Waals surface area contributed by atoms with Gasteiger partial charge >= 0.3 is 11.8 Å². The minimum absolute atomic E-state index is 0.0992. The maximum Gasteiger partial charge on any atom is 0.407 e. The van der Waals surface area contributed by atoms with Crippen LogP contribution in [-0.2, 0) is 14.3 Å². The molecule has 0 unspecified atom stereocenters. The van der Waals surface area contributed by atoms with Crippen LogP contribution in [0, 0.1) is 6.92 Å². The number of allylic oxidation sites excluding steroid dienone is 10. The van der Waals surface area contributed by atoms with Gasteiger partial charge in [0.2, 0.25) is 5.91 Å². The lowest BCUT2D eigenvalue weighted by Gasteiger charge is -2.17. The predicted octanol–water partition coefficient (Wildman–Crippen LogP) is 5.58. The van der Waals surface area contributed by atoms with E-state index in [4.69, 9.17) is 15.0 Å². The van der Waals surface area contributed by atoms with Crippen molar-refractivity contribution in [2.24, 2.45) is 5.11 Å². The largest absolute Gasteiger partial charge is 0.447 e. The first kappa shape index (κ1) is 37.6. The van der Waals surface area contributed by atoms with Crippen molar-refractivity contribution in [1.82, 2.24) is 20.2 Å². The molecule has 2 heterocycles. The Kier molecular flexibility index (Phi) is 18.7. The molecule has 2 rings (SSSR count). The first-order valence-electron chi connectivity index (χ1n) is 15.8. The quantitative estimate of drug-likeness (QED) is 0.0552. The van der Waals surface area contributed by atoms with Gasteiger partial charge in [0.05, 0.1) is 6.04 Å². The Hall–Kier alpha value is -4.61. The first-order valence-corrected chi connectivity index (χ1v) is 15.8. The number of rotatable bonds is 20. The summed E-state index contributed by atoms with van der Waals surface area (Å²) in [5.74, 6) is -0.0992. The van der Waals surface area contributed by atoms with E-state index in [2.05, 4.69) is 93.3 Å². The molecule has 1 aliphatic rings. The van der Waals surface area contributed by atoms with Crippen LogP contribution < -0.4 is 21.9 Å². The molecule has 2 amide bonds. The van der Waals surface area contributed by atoms with E-state index in [0.717, 1.165) is 44.9 Å². The van der Waals surface area contributed by atoms with E-state index in [0.29, 0.717) is 12.0 Å². The molecule has 46 heavy (non-hydrogen) atoms. The zero-order chi connectivity index (χ0) is 33.4. The first-order chi connectivity index (χ1) is 22.3. The van der Waals surface area contributed by atoms with Crippen LogP contribution in [0.3, 0.4) is 0 Å². The second-order valence-electron chi connectivity index (χ2n) is 10.6. The fourth-order valence-electron chi connectivity index (χ4n) is 4.44. The number of ether oxygens (including phenoxy) is 2. The van der Waals surface area contributed by atoms with Crippen LogP contribution in [0.5, 0.6) is 0 Å². The maximum absolute atomic E-state index is 12.2. The highest BCUT2D eigenvalue weighted by Gasteiger charge is 2.37. The summed E-state index contributed by atoms with van der Waals surface area (Å²) in [5.41, 5.74) is 8.06. The normalized spacial score (nSPS) is 18.3. The molecule has 3 atom stereocenters. The fraction of sp³-hybridized carbons (Fsp3) is 0.515. The van der Waals surface area contributed by atoms with E-state index in [1.54, 1.807) is 6.92 Å². The smallest absolute Gasteiger partial charge is 0.407 e. The Morgan fingerprint density at radius 2 is 1.63 bits per heavy atom. The van der Waals surface area contributed by atoms with Gasteiger partial charge in [0.15, 0.2) is 0 Å². The van der Waals surface area contributed by atoms with Crippen LogP contribution in [0.2, 0.25) is 0 Å². The minimum atomic E-state index is -0.800. The Labute approximate surface area is 269 Å². The molecule has 0 radical (unpaired) electrons. The topological polar surface area (TPSA) is 180 Å². The summed E-state index contributed by atoms with van der Waals surface area (Å²) in [6.45, 7) is 3.88. The lowest BCUT2D eigenvalue weighted by atomic mass is 10.1. The summed E-state index contributed by atoms with van der Waals surface area (Å²) in [5, 5.41) is 8.99. The van der Waals surface area contributed by atoms with E-state index >= 15 is 0 Å². The number of azide groups is 1. The van der Waals surface area contributed by atoms with Crippen molar-refractivity contribution in [3.8, 4) is 0 Å². The number of alkyl carbamates (subject to hydrolysis) is 1. The number of aryl methyl sites for hydroxylation is 1. The molecule has 1 aromatic rings. The number of nitrogens with zero attached hydrogens (tertiary/aromatic N) is 4. The van der Waals surface area contributed by atoms with Crippen LogP contribution in [-0.4, -0.2) is 53.4 Å². The van der Waals surface area contributed by atoms with Crippen molar-refractivity contribution in [3.63, 3.8) is 0 Å². The summed E-state index contributed by atoms with van der Waals surface area (Å²) < 4.78 is 12.2. The van der Waals surface area contributed by atoms with Gasteiger partial charge in [-0.2, -0.15) is 0 Å². The number of carbonyl (C=O) groups excluding carboxylic acids is 2. The van der Waals surface area contributed by atoms with E-state index in [9.17, 15) is 19.2 Å². The number of hydrogen-bond acceptors (Lipinski definition) is 7. The summed E-state index contributed by atoms with van der Waals surface area (Å²) in [7, 11) is 0. The van der Waals surface area contributed by atoms with Crippen molar-refractivity contribution in [3.05, 3.63) is 104 Å². The molecule has 13 heteroatoms. The van der Waals surface area contributed by atoms with Crippen molar-refractivity contribution in [1.29, 1.82) is 0 Å². The molecule has 0 bridgehead atoms. The van der Waals surface area contributed by atoms with Gasteiger partial charge in [-0.15, -0.1) is 0 Å². The van der Waals surface area contributed by atoms with Crippen LogP contribution in [0.1, 0.15) is 76.5 Å². The molecule has 1 aromatic heterocycles. The molecule has 1 fully saturated rings. The van der Waals surface area contributed by atoms with Crippen LogP contribution in [0.15, 0.2) is 81.7 Å². The summed E-state index contributed by atoms with van der Waals surface area (Å²) in [4.78, 5) is 53.0. The van der Waals surface area contributed by atoms with Gasteiger partial charge in [-0.3, -0.25) is 19.1 Å². The van der Waals surface area contributed by atoms with Gasteiger partial charge in [-0.05, 0) is 57.4 Å². The Bertz CT molecular complexity index is 1400. The Balaban J connectivity index is 1.53. The monoisotopic (exact) mass is 637 g/mol. The van der Waals surface area contributed by atoms with E-state index < -0.39 is 35.7 Å². The molecule has 0 saturated carbocycles. The third-order valence-electron chi connectivity index (χ3n) is 6.89. The molecular formula is C33H47N7O6. The van der Waals surface area contributed by atoms with E-state index in [-0.39, 0.29) is 32.0 Å². The lowest BCUT2D eigenvalue weighted by Crippen LogP contribution is -2.36. The number of aromatic nitrogens is 2. The maximum atomic E-state index is 12.2. The van der Waals surface area contributed by atoms with E-state index in [1.165, 1.54) is 10.8 Å². The summed E-state index contributed by atoms with van der Waals surface area (Å²) in [6, 6.07) is -0.684. The molecule has 1 aliphatic heterocycles. The van der Waals surface area contributed by atoms with Gasteiger partial charge < -0.3 is 20.1 Å². The number of nitrogens with one attached hydrogen (secondary N) is 3. The lowest BCUT2D eigenvalue weighted by molar-refractivity contribution is -0.121. The number of hydrogen-bond donors (Lipinski definition) is 3. The van der Waals surface area contributed by atoms with Gasteiger partial charge in [-0.1, -0.05) is 72.8 Å². The predicted molar refractivity (Wildman–Crippen MR) is 178 cm³/mol.